The zero-order chi connectivity index (χ0) is 16.0. The van der Waals surface area contributed by atoms with Crippen LogP contribution in [0, 0.1) is 0 Å². The molecule has 0 saturated heterocycles. The van der Waals surface area contributed by atoms with Crippen LogP contribution in [0.5, 0.6) is 0 Å². The van der Waals surface area contributed by atoms with Gasteiger partial charge in [-0.3, -0.25) is 0 Å². The fraction of sp³-hybridized carbons (Fsp3) is 0.222. The number of nitrogens with zero attached hydrogens (tertiary/aromatic N) is 2. The minimum atomic E-state index is -3.50. The van der Waals surface area contributed by atoms with Gasteiger partial charge in [0, 0.05) is 25.0 Å². The van der Waals surface area contributed by atoms with Crippen LogP contribution in [-0.4, -0.2) is 23.8 Å². The van der Waals surface area contributed by atoms with Crippen LogP contribution in [-0.2, 0) is 16.6 Å². The Kier molecular flexibility index (Phi) is 3.28. The lowest BCUT2D eigenvalue weighted by molar-refractivity contribution is 0.282. The summed E-state index contributed by atoms with van der Waals surface area (Å²) in [5.74, 6) is 0. The molecule has 2 heterocycles. The summed E-state index contributed by atoms with van der Waals surface area (Å²) in [5.41, 5.74) is 1.04. The van der Waals surface area contributed by atoms with Gasteiger partial charge in [0.2, 0.25) is 10.0 Å². The van der Waals surface area contributed by atoms with Crippen LogP contribution in [0.1, 0.15) is 18.7 Å². The molecule has 4 rings (SSSR count). The Hall–Kier alpha value is -2.11. The molecule has 1 atom stereocenters. The molecule has 0 saturated carbocycles. The minimum Gasteiger partial charge on any atom is -0.349 e. The number of benzene rings is 2. The standard InChI is InChI=1S/C18H18N2O2S/c1-14-18-7-4-10-19(18)11-12-20(14)23(21,22)17-9-8-15-5-2-3-6-16(15)13-17/h2-10,13-14H,11-12H2,1H3. The lowest BCUT2D eigenvalue weighted by atomic mass is 10.1. The highest BCUT2D eigenvalue weighted by atomic mass is 32.2. The van der Waals surface area contributed by atoms with Crippen LogP contribution in [0.2, 0.25) is 0 Å². The third-order valence-corrected chi connectivity index (χ3v) is 6.58. The van der Waals surface area contributed by atoms with E-state index in [1.165, 1.54) is 0 Å². The maximum atomic E-state index is 13.1. The third kappa shape index (κ3) is 2.28. The van der Waals surface area contributed by atoms with Crippen LogP contribution in [0.4, 0.5) is 0 Å². The average Bonchev–Trinajstić information content (AvgIpc) is 3.04. The third-order valence-electron chi connectivity index (χ3n) is 4.61. The Labute approximate surface area is 136 Å². The van der Waals surface area contributed by atoms with Crippen molar-refractivity contribution in [1.82, 2.24) is 8.87 Å². The molecular formula is C18H18N2O2S. The predicted molar refractivity (Wildman–Crippen MR) is 90.7 cm³/mol. The molecule has 0 amide bonds. The van der Waals surface area contributed by atoms with Gasteiger partial charge in [-0.15, -0.1) is 0 Å². The molecule has 1 aliphatic heterocycles. The second-order valence-electron chi connectivity index (χ2n) is 5.93. The van der Waals surface area contributed by atoms with Gasteiger partial charge in [0.25, 0.3) is 0 Å². The Balaban J connectivity index is 1.77. The van der Waals surface area contributed by atoms with Gasteiger partial charge in [-0.1, -0.05) is 30.3 Å². The summed E-state index contributed by atoms with van der Waals surface area (Å²) in [7, 11) is -3.50. The SMILES string of the molecule is CC1c2cccn2CCN1S(=O)(=O)c1ccc2ccccc2c1. The lowest BCUT2D eigenvalue weighted by Crippen LogP contribution is -2.40. The van der Waals surface area contributed by atoms with Crippen LogP contribution in [0.25, 0.3) is 10.8 Å². The van der Waals surface area contributed by atoms with E-state index >= 15 is 0 Å². The van der Waals surface area contributed by atoms with E-state index in [-0.39, 0.29) is 6.04 Å². The van der Waals surface area contributed by atoms with Crippen molar-refractivity contribution >= 4 is 20.8 Å². The molecule has 1 unspecified atom stereocenters. The molecule has 0 aliphatic carbocycles. The summed E-state index contributed by atoms with van der Waals surface area (Å²) in [6.45, 7) is 3.14. The fourth-order valence-electron chi connectivity index (χ4n) is 3.35. The van der Waals surface area contributed by atoms with Gasteiger partial charge in [0.1, 0.15) is 0 Å². The summed E-state index contributed by atoms with van der Waals surface area (Å²) in [6, 6.07) is 17.0. The normalized spacial score (nSPS) is 18.9. The van der Waals surface area contributed by atoms with E-state index in [0.29, 0.717) is 18.0 Å². The first kappa shape index (κ1) is 14.5. The van der Waals surface area contributed by atoms with E-state index in [1.807, 2.05) is 55.6 Å². The molecule has 2 aromatic carbocycles. The first-order valence-electron chi connectivity index (χ1n) is 7.73. The van der Waals surface area contributed by atoms with Gasteiger partial charge in [-0.05, 0) is 42.0 Å². The molecule has 4 nitrogen and oxygen atoms in total. The van der Waals surface area contributed by atoms with E-state index < -0.39 is 10.0 Å². The predicted octanol–water partition coefficient (Wildman–Crippen LogP) is 3.41. The first-order valence-corrected chi connectivity index (χ1v) is 9.17. The van der Waals surface area contributed by atoms with Crippen molar-refractivity contribution in [2.24, 2.45) is 0 Å². The topological polar surface area (TPSA) is 42.3 Å². The van der Waals surface area contributed by atoms with E-state index in [4.69, 9.17) is 0 Å². The van der Waals surface area contributed by atoms with Gasteiger partial charge >= 0.3 is 0 Å². The number of sulfonamides is 1. The van der Waals surface area contributed by atoms with E-state index in [0.717, 1.165) is 16.5 Å². The zero-order valence-electron chi connectivity index (χ0n) is 12.9. The number of hydrogen-bond acceptors (Lipinski definition) is 2. The molecule has 1 aromatic heterocycles. The van der Waals surface area contributed by atoms with Crippen molar-refractivity contribution in [1.29, 1.82) is 0 Å². The molecular weight excluding hydrogens is 308 g/mol. The summed E-state index contributed by atoms with van der Waals surface area (Å²) in [6.07, 6.45) is 2.01. The van der Waals surface area contributed by atoms with Gasteiger partial charge in [-0.2, -0.15) is 4.31 Å². The monoisotopic (exact) mass is 326 g/mol. The van der Waals surface area contributed by atoms with Crippen molar-refractivity contribution in [2.45, 2.75) is 24.4 Å². The highest BCUT2D eigenvalue weighted by Gasteiger charge is 2.33. The molecule has 0 N–H and O–H groups in total. The largest absolute Gasteiger partial charge is 0.349 e. The van der Waals surface area contributed by atoms with Gasteiger partial charge in [0.15, 0.2) is 0 Å². The number of aromatic nitrogens is 1. The summed E-state index contributed by atoms with van der Waals surface area (Å²) in [5, 5.41) is 1.99. The van der Waals surface area contributed by atoms with E-state index in [9.17, 15) is 8.42 Å². The Morgan fingerprint density at radius 1 is 0.957 bits per heavy atom. The van der Waals surface area contributed by atoms with Crippen molar-refractivity contribution in [3.8, 4) is 0 Å². The quantitative estimate of drug-likeness (QED) is 0.724. The lowest BCUT2D eigenvalue weighted by Gasteiger charge is -2.33. The second-order valence-corrected chi connectivity index (χ2v) is 7.82. The minimum absolute atomic E-state index is 0.157. The molecule has 118 valence electrons. The van der Waals surface area contributed by atoms with Crippen LogP contribution < -0.4 is 0 Å². The van der Waals surface area contributed by atoms with Crippen LogP contribution >= 0.6 is 0 Å². The van der Waals surface area contributed by atoms with Gasteiger partial charge in [-0.25, -0.2) is 8.42 Å². The van der Waals surface area contributed by atoms with Crippen molar-refractivity contribution in [3.63, 3.8) is 0 Å². The molecule has 0 bridgehead atoms. The molecule has 0 radical (unpaired) electrons. The maximum absolute atomic E-state index is 13.1. The molecule has 0 spiro atoms. The Bertz CT molecular complexity index is 975. The molecule has 5 heteroatoms. The smallest absolute Gasteiger partial charge is 0.243 e. The van der Waals surface area contributed by atoms with E-state index in [1.54, 1.807) is 16.4 Å². The zero-order valence-corrected chi connectivity index (χ0v) is 13.7. The Morgan fingerprint density at radius 2 is 1.74 bits per heavy atom. The second kappa shape index (κ2) is 5.22. The molecule has 3 aromatic rings. The molecule has 23 heavy (non-hydrogen) atoms. The summed E-state index contributed by atoms with van der Waals surface area (Å²) < 4.78 is 29.9. The number of rotatable bonds is 2. The highest BCUT2D eigenvalue weighted by Crippen LogP contribution is 2.31. The maximum Gasteiger partial charge on any atom is 0.243 e. The number of fused-ring (bicyclic) bond motifs is 2. The molecule has 1 aliphatic rings. The van der Waals surface area contributed by atoms with Gasteiger partial charge < -0.3 is 4.57 Å². The van der Waals surface area contributed by atoms with Crippen molar-refractivity contribution in [2.75, 3.05) is 6.54 Å². The fourth-order valence-corrected chi connectivity index (χ4v) is 4.98. The first-order chi connectivity index (χ1) is 11.1. The van der Waals surface area contributed by atoms with E-state index in [2.05, 4.69) is 4.57 Å². The van der Waals surface area contributed by atoms with Crippen molar-refractivity contribution < 1.29 is 8.42 Å². The Morgan fingerprint density at radius 3 is 2.57 bits per heavy atom. The highest BCUT2D eigenvalue weighted by molar-refractivity contribution is 7.89. The number of hydrogen-bond donors (Lipinski definition) is 0. The summed E-state index contributed by atoms with van der Waals surface area (Å²) in [4.78, 5) is 0.364. The van der Waals surface area contributed by atoms with Crippen LogP contribution in [0.3, 0.4) is 0 Å². The van der Waals surface area contributed by atoms with Gasteiger partial charge in [0.05, 0.1) is 10.9 Å². The van der Waals surface area contributed by atoms with Crippen molar-refractivity contribution in [3.05, 3.63) is 66.5 Å². The molecule has 0 fully saturated rings. The average molecular weight is 326 g/mol. The van der Waals surface area contributed by atoms with Crippen LogP contribution in [0.15, 0.2) is 65.7 Å². The summed E-state index contributed by atoms with van der Waals surface area (Å²) >= 11 is 0.